The Morgan fingerprint density at radius 1 is 0.867 bits per heavy atom. The molecule has 1 aliphatic carbocycles. The number of aryl methyl sites for hydroxylation is 1. The number of hydrogen-bond donors (Lipinski definition) is 1. The molecule has 1 aliphatic rings. The molecular formula is C26H32ClIN2. The van der Waals surface area contributed by atoms with Crippen molar-refractivity contribution in [1.29, 1.82) is 0 Å². The van der Waals surface area contributed by atoms with E-state index in [4.69, 9.17) is 11.6 Å². The van der Waals surface area contributed by atoms with E-state index in [2.05, 4.69) is 52.5 Å². The van der Waals surface area contributed by atoms with E-state index in [1.54, 1.807) is 0 Å². The summed E-state index contributed by atoms with van der Waals surface area (Å²) in [6.07, 6.45) is 14.9. The van der Waals surface area contributed by atoms with Gasteiger partial charge in [-0.3, -0.25) is 0 Å². The number of nitrogens with zero attached hydrogens (tertiary/aromatic N) is 1. The summed E-state index contributed by atoms with van der Waals surface area (Å²) in [7, 11) is 0. The number of fused-ring (bicyclic) bond motifs is 1. The fourth-order valence-corrected chi connectivity index (χ4v) is 4.86. The molecule has 1 aromatic heterocycles. The molecule has 0 atom stereocenters. The highest BCUT2D eigenvalue weighted by Crippen LogP contribution is 2.28. The molecule has 0 radical (unpaired) electrons. The molecule has 2 nitrogen and oxygen atoms in total. The molecule has 4 heteroatoms. The third-order valence-electron chi connectivity index (χ3n) is 6.20. The summed E-state index contributed by atoms with van der Waals surface area (Å²) in [4.78, 5) is 0. The van der Waals surface area contributed by atoms with Crippen LogP contribution in [-0.4, -0.2) is 0 Å². The average Bonchev–Trinajstić information content (AvgIpc) is 2.74. The third-order valence-corrected chi connectivity index (χ3v) is 6.44. The topological polar surface area (TPSA) is 15.9 Å². The van der Waals surface area contributed by atoms with Crippen LogP contribution < -0.4 is 33.9 Å². The standard InChI is InChI=1S/C26H32ClN2.HI/c27-23-14-9-15-24(19-23)28-25-18-22-13-6-7-16-26(22)29(20-25)17-8-2-5-12-21-10-3-1-4-11-21;/h6-7,9,13-16,18-21,28H,1-5,8,10-12,17H2;1H/q+1;/p-1. The Kier molecular flexibility index (Phi) is 9.26. The lowest BCUT2D eigenvalue weighted by molar-refractivity contribution is -0.671. The summed E-state index contributed by atoms with van der Waals surface area (Å²) in [5, 5.41) is 5.53. The van der Waals surface area contributed by atoms with E-state index in [1.807, 2.05) is 18.2 Å². The molecule has 0 bridgehead atoms. The van der Waals surface area contributed by atoms with Crippen molar-refractivity contribution in [1.82, 2.24) is 0 Å². The third kappa shape index (κ3) is 6.58. The molecule has 0 saturated heterocycles. The van der Waals surface area contributed by atoms with Crippen LogP contribution in [-0.2, 0) is 6.54 Å². The van der Waals surface area contributed by atoms with Crippen LogP contribution >= 0.6 is 11.6 Å². The van der Waals surface area contributed by atoms with Crippen LogP contribution in [0.25, 0.3) is 10.9 Å². The minimum absolute atomic E-state index is 0. The first-order valence-electron chi connectivity index (χ1n) is 11.2. The lowest BCUT2D eigenvalue weighted by Crippen LogP contribution is -3.00. The van der Waals surface area contributed by atoms with Crippen molar-refractivity contribution >= 4 is 33.9 Å². The summed E-state index contributed by atoms with van der Waals surface area (Å²) < 4.78 is 2.41. The van der Waals surface area contributed by atoms with Crippen LogP contribution in [0.1, 0.15) is 57.8 Å². The number of aromatic nitrogens is 1. The Hall–Kier alpha value is -1.33. The molecule has 4 rings (SSSR count). The second-order valence-electron chi connectivity index (χ2n) is 8.47. The van der Waals surface area contributed by atoms with Crippen molar-refractivity contribution in [2.24, 2.45) is 5.92 Å². The Bertz CT molecular complexity index is 937. The summed E-state index contributed by atoms with van der Waals surface area (Å²) >= 11 is 6.15. The van der Waals surface area contributed by atoms with E-state index in [0.29, 0.717) is 0 Å². The maximum Gasteiger partial charge on any atom is 0.212 e. The number of pyridine rings is 1. The highest BCUT2D eigenvalue weighted by Gasteiger charge is 2.14. The zero-order valence-electron chi connectivity index (χ0n) is 17.6. The molecule has 160 valence electrons. The van der Waals surface area contributed by atoms with Gasteiger partial charge in [0.25, 0.3) is 0 Å². The molecule has 0 unspecified atom stereocenters. The van der Waals surface area contributed by atoms with Gasteiger partial charge in [0, 0.05) is 28.6 Å². The SMILES string of the molecule is Clc1cccc(Nc2cc3ccccc3[n+](CCCCCC3CCCCC3)c2)c1.[I-]. The second kappa shape index (κ2) is 11.9. The predicted molar refractivity (Wildman–Crippen MR) is 124 cm³/mol. The zero-order chi connectivity index (χ0) is 19.9. The van der Waals surface area contributed by atoms with Crippen molar-refractivity contribution in [3.05, 3.63) is 65.8 Å². The van der Waals surface area contributed by atoms with Crippen molar-refractivity contribution < 1.29 is 28.5 Å². The van der Waals surface area contributed by atoms with Crippen molar-refractivity contribution in [2.75, 3.05) is 5.32 Å². The lowest BCUT2D eigenvalue weighted by atomic mass is 9.85. The smallest absolute Gasteiger partial charge is 0.212 e. The summed E-state index contributed by atoms with van der Waals surface area (Å²) in [6.45, 7) is 1.07. The number of hydrogen-bond acceptors (Lipinski definition) is 1. The molecule has 0 amide bonds. The van der Waals surface area contributed by atoms with Crippen LogP contribution in [0.2, 0.25) is 5.02 Å². The van der Waals surface area contributed by atoms with Gasteiger partial charge < -0.3 is 29.3 Å². The van der Waals surface area contributed by atoms with Crippen LogP contribution in [0.15, 0.2) is 60.8 Å². The van der Waals surface area contributed by atoms with Crippen molar-refractivity contribution in [3.63, 3.8) is 0 Å². The van der Waals surface area contributed by atoms with Gasteiger partial charge in [0.05, 0.1) is 0 Å². The summed E-state index contributed by atoms with van der Waals surface area (Å²) in [5.74, 6) is 1.00. The van der Waals surface area contributed by atoms with Crippen molar-refractivity contribution in [3.8, 4) is 0 Å². The van der Waals surface area contributed by atoms with Crippen LogP contribution in [0, 0.1) is 5.92 Å². The second-order valence-corrected chi connectivity index (χ2v) is 8.91. The van der Waals surface area contributed by atoms with Crippen LogP contribution in [0.5, 0.6) is 0 Å². The first kappa shape index (κ1) is 23.3. The molecular weight excluding hydrogens is 503 g/mol. The maximum atomic E-state index is 6.15. The Morgan fingerprint density at radius 3 is 2.53 bits per heavy atom. The average molecular weight is 535 g/mol. The van der Waals surface area contributed by atoms with E-state index >= 15 is 0 Å². The highest BCUT2D eigenvalue weighted by atomic mass is 127. The summed E-state index contributed by atoms with van der Waals surface area (Å²) in [6, 6.07) is 18.8. The van der Waals surface area contributed by atoms with Gasteiger partial charge in [0.2, 0.25) is 5.52 Å². The first-order chi connectivity index (χ1) is 14.3. The molecule has 1 N–H and O–H groups in total. The first-order valence-corrected chi connectivity index (χ1v) is 11.6. The quantitative estimate of drug-likeness (QED) is 0.252. The number of rotatable bonds is 8. The molecule has 0 aliphatic heterocycles. The van der Waals surface area contributed by atoms with Gasteiger partial charge in [0.1, 0.15) is 12.2 Å². The number of unbranched alkanes of at least 4 members (excludes halogenated alkanes) is 2. The normalized spacial score (nSPS) is 14.4. The largest absolute Gasteiger partial charge is 1.00 e. The number of anilines is 2. The van der Waals surface area contributed by atoms with Gasteiger partial charge in [-0.15, -0.1) is 0 Å². The zero-order valence-corrected chi connectivity index (χ0v) is 20.5. The van der Waals surface area contributed by atoms with Gasteiger partial charge in [-0.2, -0.15) is 4.57 Å². The van der Waals surface area contributed by atoms with E-state index in [1.165, 1.54) is 68.7 Å². The summed E-state index contributed by atoms with van der Waals surface area (Å²) in [5.41, 5.74) is 3.43. The molecule has 0 spiro atoms. The lowest BCUT2D eigenvalue weighted by Gasteiger charge is -2.21. The highest BCUT2D eigenvalue weighted by molar-refractivity contribution is 6.30. The number of halogens is 2. The monoisotopic (exact) mass is 534 g/mol. The Balaban J connectivity index is 0.00000256. The molecule has 1 fully saturated rings. The van der Waals surface area contributed by atoms with Crippen LogP contribution in [0.3, 0.4) is 0 Å². The molecule has 2 aromatic carbocycles. The maximum absolute atomic E-state index is 6.15. The van der Waals surface area contributed by atoms with Gasteiger partial charge in [-0.25, -0.2) is 0 Å². The minimum Gasteiger partial charge on any atom is -1.00 e. The van der Waals surface area contributed by atoms with Gasteiger partial charge in [-0.05, 0) is 42.7 Å². The number of benzene rings is 2. The van der Waals surface area contributed by atoms with E-state index in [9.17, 15) is 0 Å². The van der Waals surface area contributed by atoms with Crippen LogP contribution in [0.4, 0.5) is 11.4 Å². The fourth-order valence-electron chi connectivity index (χ4n) is 4.67. The van der Waals surface area contributed by atoms with Crippen molar-refractivity contribution in [2.45, 2.75) is 64.3 Å². The molecule has 30 heavy (non-hydrogen) atoms. The van der Waals surface area contributed by atoms with Gasteiger partial charge in [0.15, 0.2) is 6.20 Å². The van der Waals surface area contributed by atoms with E-state index < -0.39 is 0 Å². The van der Waals surface area contributed by atoms with Gasteiger partial charge >= 0.3 is 0 Å². The Labute approximate surface area is 203 Å². The molecule has 1 saturated carbocycles. The fraction of sp³-hybridized carbons (Fsp3) is 0.423. The molecule has 3 aromatic rings. The van der Waals surface area contributed by atoms with E-state index in [0.717, 1.165) is 28.9 Å². The molecule has 1 heterocycles. The Morgan fingerprint density at radius 2 is 1.70 bits per heavy atom. The number of nitrogens with one attached hydrogen (secondary N) is 1. The minimum atomic E-state index is 0. The predicted octanol–water partition coefficient (Wildman–Crippen LogP) is 4.67. The van der Waals surface area contributed by atoms with E-state index in [-0.39, 0.29) is 24.0 Å². The number of para-hydroxylation sites is 1. The van der Waals surface area contributed by atoms with Gasteiger partial charge in [-0.1, -0.05) is 74.7 Å².